The van der Waals surface area contributed by atoms with Gasteiger partial charge in [-0.1, -0.05) is 29.8 Å². The quantitative estimate of drug-likeness (QED) is 0.914. The number of nitrogens with zero attached hydrogens (tertiary/aromatic N) is 1. The van der Waals surface area contributed by atoms with E-state index in [2.05, 4.69) is 5.32 Å². The number of hydrogen-bond donors (Lipinski definition) is 1. The second-order valence-electron chi connectivity index (χ2n) is 5.69. The van der Waals surface area contributed by atoms with Crippen molar-refractivity contribution in [3.8, 4) is 0 Å². The minimum atomic E-state index is -0.206. The lowest BCUT2D eigenvalue weighted by atomic mass is 10.1. The third kappa shape index (κ3) is 3.67. The molecule has 1 aromatic heterocycles. The molecule has 23 heavy (non-hydrogen) atoms. The maximum absolute atomic E-state index is 12.3. The zero-order chi connectivity index (χ0) is 16.2. The van der Waals surface area contributed by atoms with Gasteiger partial charge in [-0.05, 0) is 25.3 Å². The number of nitrogens with one attached hydrogen (secondary N) is 1. The molecule has 1 saturated heterocycles. The van der Waals surface area contributed by atoms with E-state index in [1.54, 1.807) is 0 Å². The van der Waals surface area contributed by atoms with E-state index < -0.39 is 0 Å². The van der Waals surface area contributed by atoms with Gasteiger partial charge in [0, 0.05) is 36.1 Å². The minimum absolute atomic E-state index is 0.118. The number of carbonyl (C=O) groups is 2. The first-order chi connectivity index (χ1) is 11.2. The second-order valence-corrected chi connectivity index (χ2v) is 7.12. The first-order valence-corrected chi connectivity index (χ1v) is 9.09. The average Bonchev–Trinajstić information content (AvgIpc) is 2.93. The fourth-order valence-electron chi connectivity index (χ4n) is 2.82. The summed E-state index contributed by atoms with van der Waals surface area (Å²) in [6.45, 7) is 2.03. The van der Waals surface area contributed by atoms with Crippen molar-refractivity contribution in [3.63, 3.8) is 0 Å². The molecule has 0 spiro atoms. The number of fused-ring (bicyclic) bond motifs is 1. The molecular weight excluding hydrogens is 332 g/mol. The van der Waals surface area contributed by atoms with E-state index in [9.17, 15) is 9.59 Å². The van der Waals surface area contributed by atoms with Gasteiger partial charge in [0.25, 0.3) is 5.91 Å². The lowest BCUT2D eigenvalue weighted by Crippen LogP contribution is -2.37. The third-order valence-electron chi connectivity index (χ3n) is 4.07. The van der Waals surface area contributed by atoms with Crippen LogP contribution in [-0.4, -0.2) is 36.3 Å². The molecule has 0 aliphatic carbocycles. The number of halogens is 1. The fourth-order valence-corrected chi connectivity index (χ4v) is 4.26. The van der Waals surface area contributed by atoms with Gasteiger partial charge in [-0.25, -0.2) is 0 Å². The number of carbonyl (C=O) groups excluding carboxylic acids is 2. The highest BCUT2D eigenvalue weighted by atomic mass is 35.5. The van der Waals surface area contributed by atoms with Gasteiger partial charge in [0.15, 0.2) is 0 Å². The van der Waals surface area contributed by atoms with Crippen molar-refractivity contribution in [3.05, 3.63) is 34.2 Å². The predicted molar refractivity (Wildman–Crippen MR) is 94.2 cm³/mol. The summed E-state index contributed by atoms with van der Waals surface area (Å²) in [6.07, 6.45) is 3.70. The lowest BCUT2D eigenvalue weighted by Gasteiger charge is -2.26. The van der Waals surface area contributed by atoms with Crippen LogP contribution in [-0.2, 0) is 4.79 Å². The standard InChI is InChI=1S/C17H19ClN2O2S/c18-15-12-6-2-3-7-13(12)23-16(15)17(22)19-9-8-14(21)20-10-4-1-5-11-20/h2-3,6-7H,1,4-5,8-11H2,(H,19,22). The summed E-state index contributed by atoms with van der Waals surface area (Å²) in [5.74, 6) is -0.0879. The van der Waals surface area contributed by atoms with E-state index in [0.29, 0.717) is 22.9 Å². The van der Waals surface area contributed by atoms with E-state index in [-0.39, 0.29) is 11.8 Å². The van der Waals surface area contributed by atoms with Crippen LogP contribution in [0.15, 0.2) is 24.3 Å². The summed E-state index contributed by atoms with van der Waals surface area (Å²) >= 11 is 7.67. The van der Waals surface area contributed by atoms with Crippen molar-refractivity contribution in [1.82, 2.24) is 10.2 Å². The molecule has 0 atom stereocenters. The number of likely N-dealkylation sites (tertiary alicyclic amines) is 1. The van der Waals surface area contributed by atoms with Crippen molar-refractivity contribution in [2.75, 3.05) is 19.6 Å². The topological polar surface area (TPSA) is 49.4 Å². The van der Waals surface area contributed by atoms with E-state index in [0.717, 1.165) is 36.0 Å². The molecule has 2 amide bonds. The van der Waals surface area contributed by atoms with Crippen LogP contribution in [0.1, 0.15) is 35.4 Å². The Morgan fingerprint density at radius 3 is 2.65 bits per heavy atom. The van der Waals surface area contributed by atoms with E-state index >= 15 is 0 Å². The molecule has 122 valence electrons. The number of benzene rings is 1. The van der Waals surface area contributed by atoms with Crippen LogP contribution in [0, 0.1) is 0 Å². The second kappa shape index (κ2) is 7.32. The zero-order valence-electron chi connectivity index (χ0n) is 12.8. The monoisotopic (exact) mass is 350 g/mol. The average molecular weight is 351 g/mol. The molecule has 1 fully saturated rings. The molecule has 4 nitrogen and oxygen atoms in total. The summed E-state index contributed by atoms with van der Waals surface area (Å²) in [4.78, 5) is 26.8. The molecule has 3 rings (SSSR count). The first kappa shape index (κ1) is 16.3. The van der Waals surface area contributed by atoms with Gasteiger partial charge in [-0.3, -0.25) is 9.59 Å². The van der Waals surface area contributed by atoms with Crippen LogP contribution in [0.2, 0.25) is 5.02 Å². The summed E-state index contributed by atoms with van der Waals surface area (Å²) in [5, 5.41) is 4.20. The van der Waals surface area contributed by atoms with Crippen LogP contribution < -0.4 is 5.32 Å². The Kier molecular flexibility index (Phi) is 5.18. The van der Waals surface area contributed by atoms with Crippen molar-refractivity contribution < 1.29 is 9.59 Å². The number of hydrogen-bond acceptors (Lipinski definition) is 3. The molecule has 0 radical (unpaired) electrons. The number of thiophene rings is 1. The van der Waals surface area contributed by atoms with Gasteiger partial charge in [-0.15, -0.1) is 11.3 Å². The van der Waals surface area contributed by atoms with Crippen LogP contribution >= 0.6 is 22.9 Å². The smallest absolute Gasteiger partial charge is 0.262 e. The Morgan fingerprint density at radius 2 is 1.91 bits per heavy atom. The summed E-state index contributed by atoms with van der Waals surface area (Å²) in [7, 11) is 0. The minimum Gasteiger partial charge on any atom is -0.351 e. The maximum atomic E-state index is 12.3. The highest BCUT2D eigenvalue weighted by Crippen LogP contribution is 2.34. The third-order valence-corrected chi connectivity index (χ3v) is 5.75. The van der Waals surface area contributed by atoms with Gasteiger partial charge in [0.05, 0.1) is 5.02 Å². The highest BCUT2D eigenvalue weighted by molar-refractivity contribution is 7.21. The van der Waals surface area contributed by atoms with Crippen molar-refractivity contribution in [1.29, 1.82) is 0 Å². The Labute approximate surface area is 144 Å². The van der Waals surface area contributed by atoms with Gasteiger partial charge in [0.1, 0.15) is 4.88 Å². The molecule has 2 aromatic rings. The molecule has 1 aromatic carbocycles. The molecule has 0 bridgehead atoms. The Morgan fingerprint density at radius 1 is 1.17 bits per heavy atom. The lowest BCUT2D eigenvalue weighted by molar-refractivity contribution is -0.131. The molecule has 0 saturated carbocycles. The summed E-state index contributed by atoms with van der Waals surface area (Å²) in [6, 6.07) is 7.68. The van der Waals surface area contributed by atoms with Crippen molar-refractivity contribution in [2.24, 2.45) is 0 Å². The normalized spacial score (nSPS) is 14.9. The maximum Gasteiger partial charge on any atom is 0.262 e. The molecule has 1 aliphatic rings. The molecular formula is C17H19ClN2O2S. The predicted octanol–water partition coefficient (Wildman–Crippen LogP) is 3.69. The Balaban J connectivity index is 1.56. The molecule has 6 heteroatoms. The van der Waals surface area contributed by atoms with E-state index in [1.807, 2.05) is 29.2 Å². The van der Waals surface area contributed by atoms with Gasteiger partial charge < -0.3 is 10.2 Å². The molecule has 1 N–H and O–H groups in total. The van der Waals surface area contributed by atoms with Gasteiger partial charge >= 0.3 is 0 Å². The van der Waals surface area contributed by atoms with Crippen LogP contribution in [0.25, 0.3) is 10.1 Å². The molecule has 0 unspecified atom stereocenters. The van der Waals surface area contributed by atoms with Gasteiger partial charge in [-0.2, -0.15) is 0 Å². The van der Waals surface area contributed by atoms with Crippen molar-refractivity contribution >= 4 is 44.8 Å². The summed E-state index contributed by atoms with van der Waals surface area (Å²) < 4.78 is 0.993. The fraction of sp³-hybridized carbons (Fsp3) is 0.412. The van der Waals surface area contributed by atoms with Gasteiger partial charge in [0.2, 0.25) is 5.91 Å². The number of rotatable bonds is 4. The van der Waals surface area contributed by atoms with E-state index in [1.165, 1.54) is 17.8 Å². The molecule has 1 aliphatic heterocycles. The Hall–Kier alpha value is -1.59. The molecule has 2 heterocycles. The zero-order valence-corrected chi connectivity index (χ0v) is 14.4. The van der Waals surface area contributed by atoms with Crippen molar-refractivity contribution in [2.45, 2.75) is 25.7 Å². The SMILES string of the molecule is O=C(NCCC(=O)N1CCCCC1)c1sc2ccccc2c1Cl. The number of amides is 2. The van der Waals surface area contributed by atoms with Crippen LogP contribution in [0.3, 0.4) is 0 Å². The highest BCUT2D eigenvalue weighted by Gasteiger charge is 2.19. The summed E-state index contributed by atoms with van der Waals surface area (Å²) in [5.41, 5.74) is 0. The van der Waals surface area contributed by atoms with Crippen LogP contribution in [0.4, 0.5) is 0 Å². The number of piperidine rings is 1. The largest absolute Gasteiger partial charge is 0.351 e. The van der Waals surface area contributed by atoms with E-state index in [4.69, 9.17) is 11.6 Å². The van der Waals surface area contributed by atoms with Crippen LogP contribution in [0.5, 0.6) is 0 Å². The Bertz CT molecular complexity index is 722. The first-order valence-electron chi connectivity index (χ1n) is 7.90.